The van der Waals surface area contributed by atoms with E-state index in [0.29, 0.717) is 18.7 Å². The number of anilines is 1. The number of amides is 4. The Morgan fingerprint density at radius 1 is 0.971 bits per heavy atom. The Morgan fingerprint density at radius 2 is 1.59 bits per heavy atom. The van der Waals surface area contributed by atoms with Gasteiger partial charge in [0.05, 0.1) is 18.4 Å². The number of hydrogen-bond donors (Lipinski definition) is 2. The highest BCUT2D eigenvalue weighted by molar-refractivity contribution is 6.06. The molecule has 6 rings (SSSR count). The fraction of sp³-hybridized carbons (Fsp3) is 0.370. The van der Waals surface area contributed by atoms with Gasteiger partial charge in [0.1, 0.15) is 11.9 Å². The van der Waals surface area contributed by atoms with Crippen molar-refractivity contribution in [2.45, 2.75) is 32.4 Å². The molecule has 5 atom stereocenters. The first kappa shape index (κ1) is 22.2. The van der Waals surface area contributed by atoms with Crippen molar-refractivity contribution in [3.05, 3.63) is 72.3 Å². The summed E-state index contributed by atoms with van der Waals surface area (Å²) in [6.07, 6.45) is 5.64. The lowest BCUT2D eigenvalue weighted by atomic mass is 9.63. The van der Waals surface area contributed by atoms with Crippen LogP contribution in [0.3, 0.4) is 0 Å². The smallest absolute Gasteiger partial charge is 0.320 e. The van der Waals surface area contributed by atoms with E-state index in [0.717, 1.165) is 24.2 Å². The van der Waals surface area contributed by atoms with E-state index in [9.17, 15) is 14.4 Å². The number of carbonyl (C=O) groups excluding carboxylic acids is 3. The molecule has 1 heterocycles. The molecule has 2 aromatic rings. The average molecular weight is 460 g/mol. The number of likely N-dealkylation sites (tertiary alicyclic amines) is 1. The van der Waals surface area contributed by atoms with Gasteiger partial charge in [-0.15, -0.1) is 0 Å². The van der Waals surface area contributed by atoms with Crippen LogP contribution in [0, 0.1) is 23.7 Å². The molecule has 2 N–H and O–H groups in total. The molecule has 0 spiro atoms. The van der Waals surface area contributed by atoms with Gasteiger partial charge < -0.3 is 15.4 Å². The van der Waals surface area contributed by atoms with Gasteiger partial charge in [0.2, 0.25) is 11.8 Å². The van der Waals surface area contributed by atoms with E-state index in [4.69, 9.17) is 4.74 Å². The Balaban J connectivity index is 1.36. The minimum Gasteiger partial charge on any atom is -0.494 e. The SMILES string of the molecule is CCOc1ccc(NC(=O)N[C@H](Cc2ccccc2)N2C(=O)[C@H]3[C@H](C2=O)[C@H]2C=C[C@H]3CC2)cc1. The quantitative estimate of drug-likeness (QED) is 0.484. The highest BCUT2D eigenvalue weighted by Crippen LogP contribution is 2.50. The zero-order valence-corrected chi connectivity index (χ0v) is 19.1. The van der Waals surface area contributed by atoms with Crippen molar-refractivity contribution >= 4 is 23.5 Å². The van der Waals surface area contributed by atoms with Gasteiger partial charge in [-0.25, -0.2) is 4.79 Å². The highest BCUT2D eigenvalue weighted by Gasteiger charge is 2.58. The number of carbonyl (C=O) groups is 3. The van der Waals surface area contributed by atoms with Crippen LogP contribution in [-0.4, -0.2) is 35.5 Å². The topological polar surface area (TPSA) is 87.7 Å². The van der Waals surface area contributed by atoms with Gasteiger partial charge in [0.15, 0.2) is 0 Å². The van der Waals surface area contributed by atoms with Crippen molar-refractivity contribution in [3.8, 4) is 5.75 Å². The maximum Gasteiger partial charge on any atom is 0.320 e. The molecule has 4 aliphatic rings. The van der Waals surface area contributed by atoms with Gasteiger partial charge in [-0.3, -0.25) is 14.5 Å². The van der Waals surface area contributed by atoms with Crippen LogP contribution < -0.4 is 15.4 Å². The molecule has 1 saturated carbocycles. The molecular weight excluding hydrogens is 430 g/mol. The van der Waals surface area contributed by atoms with E-state index >= 15 is 0 Å². The number of allylic oxidation sites excluding steroid dienone is 2. The van der Waals surface area contributed by atoms with Crippen molar-refractivity contribution in [3.63, 3.8) is 0 Å². The Bertz CT molecular complexity index is 1070. The molecular formula is C27H29N3O4. The fourth-order valence-electron chi connectivity index (χ4n) is 5.57. The molecule has 4 amide bonds. The van der Waals surface area contributed by atoms with Gasteiger partial charge >= 0.3 is 6.03 Å². The molecule has 3 aliphatic carbocycles. The molecule has 2 bridgehead atoms. The van der Waals surface area contributed by atoms with Crippen molar-refractivity contribution in [1.82, 2.24) is 10.2 Å². The summed E-state index contributed by atoms with van der Waals surface area (Å²) in [4.78, 5) is 41.2. The van der Waals surface area contributed by atoms with Gasteiger partial charge in [0.25, 0.3) is 0 Å². The van der Waals surface area contributed by atoms with Crippen LogP contribution in [0.4, 0.5) is 10.5 Å². The number of nitrogens with zero attached hydrogens (tertiary/aromatic N) is 1. The molecule has 7 nitrogen and oxygen atoms in total. The molecule has 176 valence electrons. The number of urea groups is 1. The molecule has 1 aliphatic heterocycles. The summed E-state index contributed by atoms with van der Waals surface area (Å²) >= 11 is 0. The zero-order valence-electron chi connectivity index (χ0n) is 19.1. The normalized spacial score (nSPS) is 25.7. The zero-order chi connectivity index (χ0) is 23.7. The third-order valence-electron chi connectivity index (χ3n) is 7.10. The summed E-state index contributed by atoms with van der Waals surface area (Å²) in [5.41, 5.74) is 1.53. The van der Waals surface area contributed by atoms with Crippen LogP contribution >= 0.6 is 0 Å². The van der Waals surface area contributed by atoms with Crippen molar-refractivity contribution in [2.24, 2.45) is 23.7 Å². The lowest BCUT2D eigenvalue weighted by molar-refractivity contribution is -0.143. The predicted molar refractivity (Wildman–Crippen MR) is 128 cm³/mol. The average Bonchev–Trinajstić information content (AvgIpc) is 3.14. The first-order valence-electron chi connectivity index (χ1n) is 11.9. The van der Waals surface area contributed by atoms with E-state index in [1.165, 1.54) is 4.90 Å². The first-order valence-corrected chi connectivity index (χ1v) is 11.9. The van der Waals surface area contributed by atoms with Crippen LogP contribution in [0.1, 0.15) is 25.3 Å². The lowest BCUT2D eigenvalue weighted by Crippen LogP contribution is -2.53. The molecule has 0 radical (unpaired) electrons. The summed E-state index contributed by atoms with van der Waals surface area (Å²) in [6.45, 7) is 2.47. The summed E-state index contributed by atoms with van der Waals surface area (Å²) in [7, 11) is 0. The van der Waals surface area contributed by atoms with E-state index in [-0.39, 0.29) is 35.5 Å². The van der Waals surface area contributed by atoms with Gasteiger partial charge in [0, 0.05) is 12.1 Å². The number of imide groups is 1. The molecule has 0 aromatic heterocycles. The largest absolute Gasteiger partial charge is 0.494 e. The molecule has 2 fully saturated rings. The standard InChI is InChI=1S/C27H29N3O4/c1-2-34-21-14-12-20(13-15-21)28-27(33)29-22(16-17-6-4-3-5-7-17)30-25(31)23-18-8-9-19(11-10-18)24(23)26(30)32/h3-9,12-15,18-19,22-24H,2,10-11,16H2,1H3,(H2,28,29,33)/t18-,19-,22-,23+,24+/m0/s1. The molecule has 0 unspecified atom stereocenters. The van der Waals surface area contributed by atoms with Crippen molar-refractivity contribution in [1.29, 1.82) is 0 Å². The number of nitrogens with one attached hydrogen (secondary N) is 2. The number of ether oxygens (including phenoxy) is 1. The van der Waals surface area contributed by atoms with E-state index in [1.54, 1.807) is 24.3 Å². The van der Waals surface area contributed by atoms with Crippen LogP contribution in [0.5, 0.6) is 5.75 Å². The Hall–Kier alpha value is -3.61. The third kappa shape index (κ3) is 4.18. The van der Waals surface area contributed by atoms with Crippen LogP contribution in [-0.2, 0) is 16.0 Å². The Morgan fingerprint density at radius 3 is 2.15 bits per heavy atom. The number of rotatable bonds is 7. The summed E-state index contributed by atoms with van der Waals surface area (Å²) in [5, 5.41) is 5.70. The van der Waals surface area contributed by atoms with Gasteiger partial charge in [-0.2, -0.15) is 0 Å². The molecule has 2 aromatic carbocycles. The maximum atomic E-state index is 13.5. The van der Waals surface area contributed by atoms with Crippen LogP contribution in [0.15, 0.2) is 66.7 Å². The Kier molecular flexibility index (Phi) is 6.09. The summed E-state index contributed by atoms with van der Waals surface area (Å²) < 4.78 is 5.44. The number of fused-ring (bicyclic) bond motifs is 1. The lowest BCUT2D eigenvalue weighted by Gasteiger charge is -2.38. The van der Waals surface area contributed by atoms with Crippen molar-refractivity contribution in [2.75, 3.05) is 11.9 Å². The van der Waals surface area contributed by atoms with E-state index < -0.39 is 12.2 Å². The summed E-state index contributed by atoms with van der Waals surface area (Å²) in [5.74, 6) is -0.0452. The number of benzene rings is 2. The predicted octanol–water partition coefficient (Wildman–Crippen LogP) is 3.97. The molecule has 1 saturated heterocycles. The molecule has 7 heteroatoms. The van der Waals surface area contributed by atoms with E-state index in [2.05, 4.69) is 22.8 Å². The highest BCUT2D eigenvalue weighted by atomic mass is 16.5. The minimum absolute atomic E-state index is 0.103. The number of hydrogen-bond acceptors (Lipinski definition) is 4. The summed E-state index contributed by atoms with van der Waals surface area (Å²) in [6, 6.07) is 16.2. The molecule has 34 heavy (non-hydrogen) atoms. The second-order valence-corrected chi connectivity index (χ2v) is 9.15. The first-order chi connectivity index (χ1) is 16.5. The maximum absolute atomic E-state index is 13.5. The second-order valence-electron chi connectivity index (χ2n) is 9.15. The van der Waals surface area contributed by atoms with E-state index in [1.807, 2.05) is 37.3 Å². The third-order valence-corrected chi connectivity index (χ3v) is 7.10. The second kappa shape index (κ2) is 9.33. The van der Waals surface area contributed by atoms with Gasteiger partial charge in [-0.05, 0) is 61.4 Å². The Labute approximate surface area is 199 Å². The van der Waals surface area contributed by atoms with Gasteiger partial charge in [-0.1, -0.05) is 42.5 Å². The van der Waals surface area contributed by atoms with Crippen molar-refractivity contribution < 1.29 is 19.1 Å². The fourth-order valence-corrected chi connectivity index (χ4v) is 5.57. The minimum atomic E-state index is -0.768. The monoisotopic (exact) mass is 459 g/mol. The van der Waals surface area contributed by atoms with Crippen LogP contribution in [0.25, 0.3) is 0 Å². The van der Waals surface area contributed by atoms with Crippen LogP contribution in [0.2, 0.25) is 0 Å².